The predicted octanol–water partition coefficient (Wildman–Crippen LogP) is 5.36. The Balaban J connectivity index is 1.22. The molecule has 31 heavy (non-hydrogen) atoms. The average Bonchev–Trinajstić information content (AvgIpc) is 3.25. The van der Waals surface area contributed by atoms with E-state index in [-0.39, 0.29) is 11.9 Å². The van der Waals surface area contributed by atoms with Crippen molar-refractivity contribution in [2.45, 2.75) is 25.4 Å². The van der Waals surface area contributed by atoms with Crippen molar-refractivity contribution >= 4 is 27.3 Å². The maximum Gasteiger partial charge on any atom is 0.270 e. The fourth-order valence-electron chi connectivity index (χ4n) is 4.22. The lowest BCUT2D eigenvalue weighted by atomic mass is 10.0. The summed E-state index contributed by atoms with van der Waals surface area (Å²) in [5.74, 6) is -0.0807. The van der Waals surface area contributed by atoms with Crippen LogP contribution in [0.4, 0.5) is 0 Å². The van der Waals surface area contributed by atoms with Crippen molar-refractivity contribution in [3.05, 3.63) is 89.4 Å². The molecule has 0 spiro atoms. The summed E-state index contributed by atoms with van der Waals surface area (Å²) in [7, 11) is 0. The fraction of sp³-hybridized carbons (Fsp3) is 0.231. The molecule has 5 heteroatoms. The predicted molar refractivity (Wildman–Crippen MR) is 127 cm³/mol. The zero-order chi connectivity index (χ0) is 21.0. The van der Waals surface area contributed by atoms with Crippen LogP contribution in [0.5, 0.6) is 0 Å². The number of pyridine rings is 1. The smallest absolute Gasteiger partial charge is 0.270 e. The molecule has 0 atom stereocenters. The number of rotatable bonds is 5. The zero-order valence-corrected chi connectivity index (χ0v) is 18.1. The van der Waals surface area contributed by atoms with Crippen molar-refractivity contribution in [1.29, 1.82) is 0 Å². The Morgan fingerprint density at radius 3 is 2.58 bits per heavy atom. The number of nitrogens with one attached hydrogen (secondary N) is 1. The summed E-state index contributed by atoms with van der Waals surface area (Å²) in [5.41, 5.74) is 3.76. The number of benzene rings is 2. The van der Waals surface area contributed by atoms with E-state index in [1.54, 1.807) is 17.4 Å². The van der Waals surface area contributed by atoms with Crippen LogP contribution < -0.4 is 5.32 Å². The summed E-state index contributed by atoms with van der Waals surface area (Å²) in [4.78, 5) is 20.0. The standard InChI is InChI=1S/C26H25N3OS/c30-26(27-20-13-15-29(16-14-20)17-19-7-2-1-3-8-19)24-11-6-10-23(28-24)22-18-31-25-12-5-4-9-21(22)25/h1-12,18,20H,13-17H2,(H,27,30). The molecular formula is C26H25N3OS. The lowest BCUT2D eigenvalue weighted by Crippen LogP contribution is -2.44. The molecule has 2 aromatic carbocycles. The number of aromatic nitrogens is 1. The van der Waals surface area contributed by atoms with Gasteiger partial charge in [-0.15, -0.1) is 11.3 Å². The first-order valence-corrected chi connectivity index (χ1v) is 11.6. The van der Waals surface area contributed by atoms with E-state index >= 15 is 0 Å². The minimum atomic E-state index is -0.0807. The van der Waals surface area contributed by atoms with Crippen molar-refractivity contribution in [1.82, 2.24) is 15.2 Å². The van der Waals surface area contributed by atoms with Crippen molar-refractivity contribution < 1.29 is 4.79 Å². The van der Waals surface area contributed by atoms with Crippen LogP contribution in [-0.4, -0.2) is 34.9 Å². The Kier molecular flexibility index (Phi) is 5.78. The fourth-order valence-corrected chi connectivity index (χ4v) is 5.18. The van der Waals surface area contributed by atoms with Crippen LogP contribution in [0.15, 0.2) is 78.2 Å². The van der Waals surface area contributed by atoms with E-state index in [1.807, 2.05) is 24.3 Å². The minimum Gasteiger partial charge on any atom is -0.348 e. The molecule has 1 aliphatic heterocycles. The molecule has 0 bridgehead atoms. The Labute approximate surface area is 186 Å². The number of hydrogen-bond acceptors (Lipinski definition) is 4. The average molecular weight is 428 g/mol. The van der Waals surface area contributed by atoms with E-state index in [0.717, 1.165) is 43.7 Å². The molecule has 0 aliphatic carbocycles. The van der Waals surface area contributed by atoms with Gasteiger partial charge in [0, 0.05) is 46.7 Å². The number of thiophene rings is 1. The molecule has 3 heterocycles. The van der Waals surface area contributed by atoms with Crippen LogP contribution in [0, 0.1) is 0 Å². The number of piperidine rings is 1. The lowest BCUT2D eigenvalue weighted by Gasteiger charge is -2.32. The number of fused-ring (bicyclic) bond motifs is 1. The first-order valence-electron chi connectivity index (χ1n) is 10.8. The topological polar surface area (TPSA) is 45.2 Å². The van der Waals surface area contributed by atoms with Gasteiger partial charge in [0.05, 0.1) is 5.69 Å². The second-order valence-corrected chi connectivity index (χ2v) is 8.97. The summed E-state index contributed by atoms with van der Waals surface area (Å²) < 4.78 is 1.23. The summed E-state index contributed by atoms with van der Waals surface area (Å²) in [6.07, 6.45) is 1.93. The Morgan fingerprint density at radius 1 is 0.968 bits per heavy atom. The van der Waals surface area contributed by atoms with Gasteiger partial charge in [-0.1, -0.05) is 54.6 Å². The number of nitrogens with zero attached hydrogens (tertiary/aromatic N) is 2. The number of amides is 1. The van der Waals surface area contributed by atoms with Gasteiger partial charge in [0.1, 0.15) is 5.69 Å². The van der Waals surface area contributed by atoms with E-state index in [2.05, 4.69) is 63.0 Å². The molecule has 5 rings (SSSR count). The maximum absolute atomic E-state index is 12.9. The quantitative estimate of drug-likeness (QED) is 0.466. The monoisotopic (exact) mass is 427 g/mol. The molecule has 156 valence electrons. The Morgan fingerprint density at radius 2 is 1.74 bits per heavy atom. The van der Waals surface area contributed by atoms with E-state index in [0.29, 0.717) is 5.69 Å². The highest BCUT2D eigenvalue weighted by Gasteiger charge is 2.22. The Bertz CT molecular complexity index is 1180. The summed E-state index contributed by atoms with van der Waals surface area (Å²) in [6.45, 7) is 2.96. The van der Waals surface area contributed by atoms with Crippen LogP contribution in [0.3, 0.4) is 0 Å². The summed E-state index contributed by atoms with van der Waals surface area (Å²) in [5, 5.41) is 6.51. The molecule has 1 amide bonds. The van der Waals surface area contributed by atoms with Crippen molar-refractivity contribution in [2.24, 2.45) is 0 Å². The number of likely N-dealkylation sites (tertiary alicyclic amines) is 1. The van der Waals surface area contributed by atoms with Gasteiger partial charge in [0.2, 0.25) is 0 Å². The van der Waals surface area contributed by atoms with Crippen molar-refractivity contribution in [2.75, 3.05) is 13.1 Å². The number of carbonyl (C=O) groups excluding carboxylic acids is 1. The third-order valence-electron chi connectivity index (χ3n) is 5.91. The zero-order valence-electron chi connectivity index (χ0n) is 17.3. The van der Waals surface area contributed by atoms with Gasteiger partial charge in [0.15, 0.2) is 0 Å². The first kappa shape index (κ1) is 19.9. The third-order valence-corrected chi connectivity index (χ3v) is 6.87. The highest BCUT2D eigenvalue weighted by atomic mass is 32.1. The molecular weight excluding hydrogens is 402 g/mol. The molecule has 2 aromatic heterocycles. The normalized spacial score (nSPS) is 15.2. The largest absolute Gasteiger partial charge is 0.348 e. The summed E-state index contributed by atoms with van der Waals surface area (Å²) in [6, 6.07) is 24.8. The molecule has 1 N–H and O–H groups in total. The van der Waals surface area contributed by atoms with Gasteiger partial charge in [-0.2, -0.15) is 0 Å². The maximum atomic E-state index is 12.9. The number of hydrogen-bond donors (Lipinski definition) is 1. The minimum absolute atomic E-state index is 0.0807. The highest BCUT2D eigenvalue weighted by molar-refractivity contribution is 7.17. The van der Waals surface area contributed by atoms with Crippen molar-refractivity contribution in [3.63, 3.8) is 0 Å². The summed E-state index contributed by atoms with van der Waals surface area (Å²) >= 11 is 1.71. The van der Waals surface area contributed by atoms with Gasteiger partial charge in [-0.3, -0.25) is 9.69 Å². The molecule has 4 aromatic rings. The Hall–Kier alpha value is -3.02. The van der Waals surface area contributed by atoms with Gasteiger partial charge < -0.3 is 5.32 Å². The molecule has 0 saturated carbocycles. The third kappa shape index (κ3) is 4.53. The van der Waals surface area contributed by atoms with Crippen LogP contribution in [0.1, 0.15) is 28.9 Å². The molecule has 1 fully saturated rings. The number of carbonyl (C=O) groups is 1. The highest BCUT2D eigenvalue weighted by Crippen LogP contribution is 2.32. The molecule has 0 radical (unpaired) electrons. The van der Waals surface area contributed by atoms with E-state index < -0.39 is 0 Å². The van der Waals surface area contributed by atoms with Crippen LogP contribution in [-0.2, 0) is 6.54 Å². The lowest BCUT2D eigenvalue weighted by molar-refractivity contribution is 0.0904. The molecule has 1 saturated heterocycles. The van der Waals surface area contributed by atoms with Gasteiger partial charge in [-0.25, -0.2) is 4.98 Å². The molecule has 4 nitrogen and oxygen atoms in total. The van der Waals surface area contributed by atoms with Gasteiger partial charge >= 0.3 is 0 Å². The second-order valence-electron chi connectivity index (χ2n) is 8.06. The molecule has 1 aliphatic rings. The van der Waals surface area contributed by atoms with E-state index in [9.17, 15) is 4.79 Å². The van der Waals surface area contributed by atoms with Crippen molar-refractivity contribution in [3.8, 4) is 11.3 Å². The SMILES string of the molecule is O=C(NC1CCN(Cc2ccccc2)CC1)c1cccc(-c2csc3ccccc23)n1. The van der Waals surface area contributed by atoms with Gasteiger partial charge in [-0.05, 0) is 36.6 Å². The second kappa shape index (κ2) is 9.00. The van der Waals surface area contributed by atoms with Crippen LogP contribution in [0.2, 0.25) is 0 Å². The van der Waals surface area contributed by atoms with Crippen LogP contribution in [0.25, 0.3) is 21.3 Å². The van der Waals surface area contributed by atoms with E-state index in [4.69, 9.17) is 0 Å². The van der Waals surface area contributed by atoms with E-state index in [1.165, 1.54) is 15.6 Å². The first-order chi connectivity index (χ1) is 15.3. The molecule has 0 unspecified atom stereocenters. The van der Waals surface area contributed by atoms with Crippen LogP contribution >= 0.6 is 11.3 Å². The van der Waals surface area contributed by atoms with Gasteiger partial charge in [0.25, 0.3) is 5.91 Å².